The lowest BCUT2D eigenvalue weighted by atomic mass is 10.1. The van der Waals surface area contributed by atoms with Gasteiger partial charge in [-0.3, -0.25) is 14.4 Å². The molecule has 8 nitrogen and oxygen atoms in total. The third-order valence-electron chi connectivity index (χ3n) is 3.91. The van der Waals surface area contributed by atoms with Crippen LogP contribution in [0.1, 0.15) is 59.2 Å². The Labute approximate surface area is 162 Å². The van der Waals surface area contributed by atoms with Crippen molar-refractivity contribution in [2.24, 2.45) is 0 Å². The van der Waals surface area contributed by atoms with E-state index < -0.39 is 17.8 Å². The van der Waals surface area contributed by atoms with Crippen LogP contribution in [0.25, 0.3) is 0 Å². The van der Waals surface area contributed by atoms with Gasteiger partial charge in [0.25, 0.3) is 5.91 Å². The lowest BCUT2D eigenvalue weighted by molar-refractivity contribution is -0.141. The molecule has 0 saturated heterocycles. The van der Waals surface area contributed by atoms with E-state index in [1.54, 1.807) is 18.7 Å². The zero-order valence-electron chi connectivity index (χ0n) is 16.3. The zero-order chi connectivity index (χ0) is 20.6. The number of amides is 2. The van der Waals surface area contributed by atoms with Crippen LogP contribution in [0.2, 0.25) is 0 Å². The van der Waals surface area contributed by atoms with Gasteiger partial charge in [-0.25, -0.2) is 4.79 Å². The first-order valence-electron chi connectivity index (χ1n) is 8.76. The van der Waals surface area contributed by atoms with Crippen molar-refractivity contribution in [1.29, 1.82) is 0 Å². The molecule has 2 amide bonds. The molecule has 1 N–H and O–H groups in total. The van der Waals surface area contributed by atoms with Gasteiger partial charge >= 0.3 is 11.9 Å². The molecule has 0 fully saturated rings. The van der Waals surface area contributed by atoms with Gasteiger partial charge in [0, 0.05) is 19.5 Å². The van der Waals surface area contributed by atoms with Crippen LogP contribution in [0, 0.1) is 6.92 Å². The Balaban J connectivity index is 3.18. The largest absolute Gasteiger partial charge is 0.469 e. The van der Waals surface area contributed by atoms with E-state index in [0.29, 0.717) is 23.5 Å². The van der Waals surface area contributed by atoms with Crippen molar-refractivity contribution in [2.75, 3.05) is 32.1 Å². The van der Waals surface area contributed by atoms with E-state index >= 15 is 0 Å². The van der Waals surface area contributed by atoms with Crippen molar-refractivity contribution >= 4 is 40.1 Å². The molecule has 1 aromatic heterocycles. The van der Waals surface area contributed by atoms with Gasteiger partial charge in [-0.05, 0) is 33.3 Å². The van der Waals surface area contributed by atoms with E-state index in [0.717, 1.165) is 11.3 Å². The van der Waals surface area contributed by atoms with Crippen LogP contribution in [-0.2, 0) is 19.1 Å². The van der Waals surface area contributed by atoms with Crippen molar-refractivity contribution in [2.45, 2.75) is 40.5 Å². The topological polar surface area (TPSA) is 102 Å². The van der Waals surface area contributed by atoms with Crippen molar-refractivity contribution in [3.05, 3.63) is 16.0 Å². The minimum absolute atomic E-state index is 0.0767. The Hall–Kier alpha value is -2.42. The van der Waals surface area contributed by atoms with E-state index in [1.165, 1.54) is 7.11 Å². The van der Waals surface area contributed by atoms with Crippen molar-refractivity contribution in [3.63, 3.8) is 0 Å². The van der Waals surface area contributed by atoms with Gasteiger partial charge in [0.15, 0.2) is 0 Å². The summed E-state index contributed by atoms with van der Waals surface area (Å²) >= 11 is 1.04. The Morgan fingerprint density at radius 3 is 2.22 bits per heavy atom. The summed E-state index contributed by atoms with van der Waals surface area (Å²) in [5, 5.41) is 2.87. The standard InChI is InChI=1S/C18H26N2O6S/c1-6-20(7-2)17(23)15-11(4)14(18(24)26-8-3)16(27-15)19-12(21)9-10-13(22)25-5/h6-10H2,1-5H3,(H,19,21). The molecule has 1 heterocycles. The van der Waals surface area contributed by atoms with Gasteiger partial charge in [0.1, 0.15) is 5.00 Å². The maximum absolute atomic E-state index is 12.7. The Kier molecular flexibility index (Phi) is 8.93. The zero-order valence-corrected chi connectivity index (χ0v) is 17.2. The fourth-order valence-corrected chi connectivity index (χ4v) is 3.59. The number of hydrogen-bond donors (Lipinski definition) is 1. The average molecular weight is 398 g/mol. The molecular formula is C18H26N2O6S. The van der Waals surface area contributed by atoms with Crippen LogP contribution in [0.5, 0.6) is 0 Å². The maximum atomic E-state index is 12.7. The van der Waals surface area contributed by atoms with Crippen LogP contribution in [0.4, 0.5) is 5.00 Å². The Morgan fingerprint density at radius 1 is 1.07 bits per heavy atom. The summed E-state index contributed by atoms with van der Waals surface area (Å²) in [6.07, 6.45) is -0.169. The number of carbonyl (C=O) groups excluding carboxylic acids is 4. The predicted molar refractivity (Wildman–Crippen MR) is 102 cm³/mol. The van der Waals surface area contributed by atoms with E-state index in [9.17, 15) is 19.2 Å². The first-order chi connectivity index (χ1) is 12.8. The molecule has 0 spiro atoms. The molecule has 9 heteroatoms. The van der Waals surface area contributed by atoms with Crippen LogP contribution in [0.15, 0.2) is 0 Å². The number of esters is 2. The second kappa shape index (κ2) is 10.7. The smallest absolute Gasteiger partial charge is 0.341 e. The van der Waals surface area contributed by atoms with Gasteiger partial charge in [-0.15, -0.1) is 11.3 Å². The molecule has 0 radical (unpaired) electrons. The number of anilines is 1. The molecule has 0 bridgehead atoms. The third-order valence-corrected chi connectivity index (χ3v) is 5.10. The molecule has 0 aromatic carbocycles. The number of rotatable bonds is 9. The molecular weight excluding hydrogens is 372 g/mol. The van der Waals surface area contributed by atoms with Gasteiger partial charge < -0.3 is 19.7 Å². The number of hydrogen-bond acceptors (Lipinski definition) is 7. The monoisotopic (exact) mass is 398 g/mol. The highest BCUT2D eigenvalue weighted by molar-refractivity contribution is 7.18. The normalized spacial score (nSPS) is 10.3. The van der Waals surface area contributed by atoms with E-state index in [-0.39, 0.29) is 35.9 Å². The van der Waals surface area contributed by atoms with Gasteiger partial charge in [0.05, 0.1) is 30.6 Å². The lowest BCUT2D eigenvalue weighted by Gasteiger charge is -2.18. The summed E-state index contributed by atoms with van der Waals surface area (Å²) in [6.45, 7) is 8.30. The number of carbonyl (C=O) groups is 4. The summed E-state index contributed by atoms with van der Waals surface area (Å²) in [7, 11) is 1.24. The molecule has 1 aromatic rings. The molecule has 27 heavy (non-hydrogen) atoms. The van der Waals surface area contributed by atoms with Crippen molar-refractivity contribution in [1.82, 2.24) is 4.90 Å². The van der Waals surface area contributed by atoms with Crippen LogP contribution >= 0.6 is 11.3 Å². The quantitative estimate of drug-likeness (QED) is 0.642. The highest BCUT2D eigenvalue weighted by atomic mass is 32.1. The number of thiophene rings is 1. The maximum Gasteiger partial charge on any atom is 0.341 e. The lowest BCUT2D eigenvalue weighted by Crippen LogP contribution is -2.30. The fraction of sp³-hybridized carbons (Fsp3) is 0.556. The fourth-order valence-electron chi connectivity index (χ4n) is 2.42. The van der Waals surface area contributed by atoms with Crippen LogP contribution in [0.3, 0.4) is 0 Å². The highest BCUT2D eigenvalue weighted by Crippen LogP contribution is 2.34. The summed E-state index contributed by atoms with van der Waals surface area (Å²) in [5.41, 5.74) is 0.641. The molecule has 0 aliphatic heterocycles. The van der Waals surface area contributed by atoms with E-state index in [2.05, 4.69) is 10.1 Å². The Morgan fingerprint density at radius 2 is 1.70 bits per heavy atom. The first-order valence-corrected chi connectivity index (χ1v) is 9.58. The molecule has 1 rings (SSSR count). The van der Waals surface area contributed by atoms with Crippen LogP contribution < -0.4 is 5.32 Å². The molecule has 0 aliphatic carbocycles. The summed E-state index contributed by atoms with van der Waals surface area (Å²) in [5.74, 6) is -1.76. The van der Waals surface area contributed by atoms with Gasteiger partial charge in [-0.2, -0.15) is 0 Å². The average Bonchev–Trinajstić information content (AvgIpc) is 2.96. The van der Waals surface area contributed by atoms with Crippen molar-refractivity contribution in [3.8, 4) is 0 Å². The van der Waals surface area contributed by atoms with E-state index in [1.807, 2.05) is 13.8 Å². The first kappa shape index (κ1) is 22.6. The Bertz CT molecular complexity index is 709. The number of nitrogens with one attached hydrogen (secondary N) is 1. The SMILES string of the molecule is CCOC(=O)c1c(NC(=O)CCC(=O)OC)sc(C(=O)N(CC)CC)c1C. The summed E-state index contributed by atoms with van der Waals surface area (Å²) < 4.78 is 9.58. The van der Waals surface area contributed by atoms with Crippen LogP contribution in [-0.4, -0.2) is 55.5 Å². The van der Waals surface area contributed by atoms with Gasteiger partial charge in [0.2, 0.25) is 5.91 Å². The highest BCUT2D eigenvalue weighted by Gasteiger charge is 2.28. The van der Waals surface area contributed by atoms with Gasteiger partial charge in [-0.1, -0.05) is 0 Å². The van der Waals surface area contributed by atoms with Crippen molar-refractivity contribution < 1.29 is 28.7 Å². The number of nitrogens with zero attached hydrogens (tertiary/aromatic N) is 1. The minimum atomic E-state index is -0.604. The molecule has 0 atom stereocenters. The third kappa shape index (κ3) is 5.78. The minimum Gasteiger partial charge on any atom is -0.469 e. The number of methoxy groups -OCH3 is 1. The summed E-state index contributed by atoms with van der Waals surface area (Å²) in [4.78, 5) is 50.4. The molecule has 0 saturated carbocycles. The second-order valence-electron chi connectivity index (χ2n) is 5.58. The molecule has 150 valence electrons. The summed E-state index contributed by atoms with van der Waals surface area (Å²) in [6, 6.07) is 0. The number of ether oxygens (including phenoxy) is 2. The predicted octanol–water partition coefficient (Wildman–Crippen LogP) is 2.61. The molecule has 0 unspecified atom stereocenters. The van der Waals surface area contributed by atoms with E-state index in [4.69, 9.17) is 4.74 Å². The second-order valence-corrected chi connectivity index (χ2v) is 6.60. The molecule has 0 aliphatic rings.